The van der Waals surface area contributed by atoms with E-state index in [4.69, 9.17) is 4.74 Å². The molecule has 0 bridgehead atoms. The SMILES string of the molecule is Cc1nc2cscc2c(N(C)S(=O)(=O)c2ccc(Oc3ccncc3)cc2)c1C(=O)O. The van der Waals surface area contributed by atoms with Crippen LogP contribution in [0, 0.1) is 6.92 Å². The Morgan fingerprint density at radius 2 is 1.71 bits per heavy atom. The van der Waals surface area contributed by atoms with Crippen LogP contribution >= 0.6 is 11.3 Å². The van der Waals surface area contributed by atoms with E-state index in [1.807, 2.05) is 0 Å². The number of aryl methyl sites for hydroxylation is 1. The minimum absolute atomic E-state index is 0.00580. The number of rotatable bonds is 6. The molecular weight excluding hydrogens is 438 g/mol. The van der Waals surface area contributed by atoms with E-state index in [2.05, 4.69) is 9.97 Å². The number of nitrogens with zero attached hydrogens (tertiary/aromatic N) is 3. The van der Waals surface area contributed by atoms with E-state index in [1.165, 1.54) is 42.6 Å². The van der Waals surface area contributed by atoms with Crippen molar-refractivity contribution in [2.24, 2.45) is 0 Å². The quantitative estimate of drug-likeness (QED) is 0.461. The summed E-state index contributed by atoms with van der Waals surface area (Å²) in [5.74, 6) is -0.212. The number of anilines is 1. The Bertz CT molecular complexity index is 1370. The molecule has 0 radical (unpaired) electrons. The van der Waals surface area contributed by atoms with Crippen LogP contribution in [-0.2, 0) is 10.0 Å². The number of sulfonamides is 1. The zero-order chi connectivity index (χ0) is 22.2. The largest absolute Gasteiger partial charge is 0.478 e. The first-order valence-corrected chi connectivity index (χ1v) is 11.4. The Balaban J connectivity index is 1.74. The van der Waals surface area contributed by atoms with Gasteiger partial charge in [-0.15, -0.1) is 11.3 Å². The molecule has 0 saturated carbocycles. The van der Waals surface area contributed by atoms with Crippen LogP contribution in [-0.4, -0.2) is 36.5 Å². The zero-order valence-electron chi connectivity index (χ0n) is 16.5. The number of thiophene rings is 1. The monoisotopic (exact) mass is 455 g/mol. The molecule has 0 spiro atoms. The number of aromatic nitrogens is 2. The number of aromatic carboxylic acids is 1. The van der Waals surface area contributed by atoms with Gasteiger partial charge in [-0.25, -0.2) is 13.2 Å². The fourth-order valence-corrected chi connectivity index (χ4v) is 5.15. The Morgan fingerprint density at radius 3 is 2.35 bits per heavy atom. The maximum absolute atomic E-state index is 13.3. The van der Waals surface area contributed by atoms with Crippen molar-refractivity contribution in [1.82, 2.24) is 9.97 Å². The third kappa shape index (κ3) is 3.82. The summed E-state index contributed by atoms with van der Waals surface area (Å²) in [6.45, 7) is 1.55. The van der Waals surface area contributed by atoms with Crippen molar-refractivity contribution in [1.29, 1.82) is 0 Å². The highest BCUT2D eigenvalue weighted by Crippen LogP contribution is 2.36. The smallest absolute Gasteiger partial charge is 0.339 e. The van der Waals surface area contributed by atoms with Gasteiger partial charge in [-0.2, -0.15) is 0 Å². The van der Waals surface area contributed by atoms with Gasteiger partial charge in [0.25, 0.3) is 10.0 Å². The van der Waals surface area contributed by atoms with E-state index < -0.39 is 16.0 Å². The van der Waals surface area contributed by atoms with Crippen LogP contribution in [0.25, 0.3) is 10.9 Å². The summed E-state index contributed by atoms with van der Waals surface area (Å²) in [5, 5.41) is 13.6. The first-order chi connectivity index (χ1) is 14.8. The van der Waals surface area contributed by atoms with Crippen LogP contribution in [0.3, 0.4) is 0 Å². The molecule has 0 aliphatic carbocycles. The topological polar surface area (TPSA) is 110 Å². The number of fused-ring (bicyclic) bond motifs is 1. The molecular formula is C21H17N3O5S2. The van der Waals surface area contributed by atoms with E-state index >= 15 is 0 Å². The van der Waals surface area contributed by atoms with Crippen LogP contribution in [0.2, 0.25) is 0 Å². The number of benzene rings is 1. The highest BCUT2D eigenvalue weighted by atomic mass is 32.2. The van der Waals surface area contributed by atoms with Gasteiger partial charge in [-0.1, -0.05) is 0 Å². The van der Waals surface area contributed by atoms with E-state index in [-0.39, 0.29) is 21.8 Å². The third-order valence-electron chi connectivity index (χ3n) is 4.68. The molecule has 8 nitrogen and oxygen atoms in total. The Morgan fingerprint density at radius 1 is 1.06 bits per heavy atom. The predicted molar refractivity (Wildman–Crippen MR) is 118 cm³/mol. The van der Waals surface area contributed by atoms with Gasteiger partial charge in [0.2, 0.25) is 0 Å². The Hall–Kier alpha value is -3.50. The lowest BCUT2D eigenvalue weighted by atomic mass is 10.1. The summed E-state index contributed by atoms with van der Waals surface area (Å²) in [5.41, 5.74) is 0.741. The molecule has 3 heterocycles. The van der Waals surface area contributed by atoms with Crippen molar-refractivity contribution in [3.8, 4) is 11.5 Å². The molecule has 31 heavy (non-hydrogen) atoms. The number of hydrogen-bond donors (Lipinski definition) is 1. The van der Waals surface area contributed by atoms with Crippen LogP contribution in [0.1, 0.15) is 16.1 Å². The second kappa shape index (κ2) is 7.97. The van der Waals surface area contributed by atoms with Gasteiger partial charge in [0, 0.05) is 35.6 Å². The zero-order valence-corrected chi connectivity index (χ0v) is 18.1. The number of carbonyl (C=O) groups is 1. The molecule has 0 fully saturated rings. The van der Waals surface area contributed by atoms with Crippen molar-refractivity contribution >= 4 is 43.9 Å². The molecule has 4 aromatic rings. The van der Waals surface area contributed by atoms with Gasteiger partial charge >= 0.3 is 5.97 Å². The van der Waals surface area contributed by atoms with E-state index in [1.54, 1.807) is 42.2 Å². The van der Waals surface area contributed by atoms with E-state index in [0.717, 1.165) is 4.31 Å². The van der Waals surface area contributed by atoms with Crippen molar-refractivity contribution in [2.75, 3.05) is 11.4 Å². The number of ether oxygens (including phenoxy) is 1. The average molecular weight is 456 g/mol. The first kappa shape index (κ1) is 20.8. The summed E-state index contributed by atoms with van der Waals surface area (Å²) < 4.78 is 33.3. The van der Waals surface area contributed by atoms with E-state index in [0.29, 0.717) is 22.4 Å². The number of pyridine rings is 2. The summed E-state index contributed by atoms with van der Waals surface area (Å²) >= 11 is 1.32. The number of carboxylic acid groups (broad SMARTS) is 1. The molecule has 1 aromatic carbocycles. The third-order valence-corrected chi connectivity index (χ3v) is 7.18. The summed E-state index contributed by atoms with van der Waals surface area (Å²) in [7, 11) is -2.70. The second-order valence-electron chi connectivity index (χ2n) is 6.63. The molecule has 1 N–H and O–H groups in total. The van der Waals surface area contributed by atoms with Crippen molar-refractivity contribution in [3.05, 3.63) is 70.8 Å². The molecule has 0 aliphatic rings. The maximum atomic E-state index is 13.3. The molecule has 0 amide bonds. The molecule has 0 unspecified atom stereocenters. The highest BCUT2D eigenvalue weighted by molar-refractivity contribution is 7.92. The summed E-state index contributed by atoms with van der Waals surface area (Å²) in [6.07, 6.45) is 3.18. The van der Waals surface area contributed by atoms with Crippen LogP contribution < -0.4 is 9.04 Å². The van der Waals surface area contributed by atoms with Gasteiger partial charge in [0.15, 0.2) is 0 Å². The van der Waals surface area contributed by atoms with Crippen LogP contribution in [0.15, 0.2) is 64.4 Å². The Kier molecular flexibility index (Phi) is 5.34. The molecule has 158 valence electrons. The standard InChI is InChI=1S/C21H17N3O5S2/c1-13-19(21(25)26)20(17-11-30-12-18(17)23-13)24(2)31(27,28)16-5-3-14(4-6-16)29-15-7-9-22-10-8-15/h3-12H,1-2H3,(H,25,26). The summed E-state index contributed by atoms with van der Waals surface area (Å²) in [4.78, 5) is 20.1. The fourth-order valence-electron chi connectivity index (χ4n) is 3.18. The lowest BCUT2D eigenvalue weighted by molar-refractivity contribution is 0.0696. The molecule has 10 heteroatoms. The number of carboxylic acids is 1. The van der Waals surface area contributed by atoms with Gasteiger partial charge in [-0.05, 0) is 43.3 Å². The minimum atomic E-state index is -4.04. The number of hydrogen-bond acceptors (Lipinski definition) is 7. The van der Waals surface area contributed by atoms with Gasteiger partial charge < -0.3 is 9.84 Å². The van der Waals surface area contributed by atoms with Crippen LogP contribution in [0.5, 0.6) is 11.5 Å². The minimum Gasteiger partial charge on any atom is -0.478 e. The van der Waals surface area contributed by atoms with E-state index in [9.17, 15) is 18.3 Å². The van der Waals surface area contributed by atoms with Crippen molar-refractivity contribution in [2.45, 2.75) is 11.8 Å². The molecule has 4 rings (SSSR count). The lowest BCUT2D eigenvalue weighted by Crippen LogP contribution is -2.29. The highest BCUT2D eigenvalue weighted by Gasteiger charge is 2.29. The Labute approximate surface area is 182 Å². The molecule has 0 atom stereocenters. The second-order valence-corrected chi connectivity index (χ2v) is 9.34. The van der Waals surface area contributed by atoms with Gasteiger partial charge in [0.05, 0.1) is 21.8 Å². The fraction of sp³-hybridized carbons (Fsp3) is 0.0952. The average Bonchev–Trinajstić information content (AvgIpc) is 3.21. The van der Waals surface area contributed by atoms with Crippen molar-refractivity contribution in [3.63, 3.8) is 0 Å². The van der Waals surface area contributed by atoms with Crippen molar-refractivity contribution < 1.29 is 23.1 Å². The normalized spacial score (nSPS) is 11.4. The van der Waals surface area contributed by atoms with Gasteiger partial charge in [-0.3, -0.25) is 14.3 Å². The van der Waals surface area contributed by atoms with Crippen LogP contribution in [0.4, 0.5) is 5.69 Å². The molecule has 0 saturated heterocycles. The predicted octanol–water partition coefficient (Wildman–Crippen LogP) is 4.32. The first-order valence-electron chi connectivity index (χ1n) is 9.05. The maximum Gasteiger partial charge on any atom is 0.339 e. The molecule has 3 aromatic heterocycles. The summed E-state index contributed by atoms with van der Waals surface area (Å²) in [6, 6.07) is 9.28. The van der Waals surface area contributed by atoms with Gasteiger partial charge in [0.1, 0.15) is 17.1 Å². The molecule has 0 aliphatic heterocycles. The lowest BCUT2D eigenvalue weighted by Gasteiger charge is -2.23.